The fraction of sp³-hybridized carbons (Fsp3) is 0.167. The van der Waals surface area contributed by atoms with Gasteiger partial charge in [-0.1, -0.05) is 42.1 Å². The summed E-state index contributed by atoms with van der Waals surface area (Å²) in [6.07, 6.45) is 1.67. The maximum Gasteiger partial charge on any atom is 0.233 e. The van der Waals surface area contributed by atoms with E-state index in [9.17, 15) is 4.79 Å². The van der Waals surface area contributed by atoms with Crippen LogP contribution < -0.4 is 5.32 Å². The average molecular weight is 355 g/mol. The minimum Gasteiger partial charge on any atom is -0.352 e. The molecule has 0 aliphatic carbocycles. The molecule has 3 aromatic rings. The smallest absolute Gasteiger partial charge is 0.233 e. The van der Waals surface area contributed by atoms with Crippen LogP contribution in [0, 0.1) is 0 Å². The molecular formula is C18H17N3OS2. The molecule has 0 fully saturated rings. The van der Waals surface area contributed by atoms with Crippen LogP contribution in [0.5, 0.6) is 0 Å². The molecule has 0 aliphatic heterocycles. The summed E-state index contributed by atoms with van der Waals surface area (Å²) in [5, 5.41) is 6.37. The summed E-state index contributed by atoms with van der Waals surface area (Å²) in [5.41, 5.74) is 0.886. The van der Waals surface area contributed by atoms with E-state index in [1.54, 1.807) is 17.4 Å². The monoisotopic (exact) mass is 355 g/mol. The highest BCUT2D eigenvalue weighted by Gasteiger charge is 2.18. The number of thiophene rings is 1. The van der Waals surface area contributed by atoms with Gasteiger partial charge in [0.2, 0.25) is 5.91 Å². The Labute approximate surface area is 149 Å². The van der Waals surface area contributed by atoms with Gasteiger partial charge in [-0.05, 0) is 24.4 Å². The van der Waals surface area contributed by atoms with Crippen molar-refractivity contribution in [2.75, 3.05) is 6.54 Å². The first-order chi connectivity index (χ1) is 11.7. The molecule has 3 rings (SSSR count). The zero-order chi connectivity index (χ0) is 16.9. The molecule has 0 spiro atoms. The molecule has 2 heterocycles. The number of hydrogen-bond donors (Lipinski definition) is 1. The Hall–Kier alpha value is -2.18. The van der Waals surface area contributed by atoms with E-state index in [2.05, 4.69) is 16.9 Å². The van der Waals surface area contributed by atoms with Crippen LogP contribution in [0.25, 0.3) is 21.6 Å². The molecule has 1 N–H and O–H groups in total. The molecule has 6 heteroatoms. The zero-order valence-corrected chi connectivity index (χ0v) is 14.9. The number of aromatic nitrogens is 2. The summed E-state index contributed by atoms with van der Waals surface area (Å²) in [6, 6.07) is 11.9. The third-order valence-electron chi connectivity index (χ3n) is 3.39. The topological polar surface area (TPSA) is 54.9 Å². The summed E-state index contributed by atoms with van der Waals surface area (Å²) in [7, 11) is 0. The lowest BCUT2D eigenvalue weighted by molar-refractivity contribution is -0.120. The van der Waals surface area contributed by atoms with E-state index in [-0.39, 0.29) is 11.2 Å². The second-order valence-corrected chi connectivity index (χ2v) is 7.42. The van der Waals surface area contributed by atoms with Crippen molar-refractivity contribution in [1.29, 1.82) is 0 Å². The van der Waals surface area contributed by atoms with Crippen LogP contribution in [-0.2, 0) is 4.79 Å². The fourth-order valence-corrected chi connectivity index (χ4v) is 3.81. The Morgan fingerprint density at radius 1 is 1.33 bits per heavy atom. The number of nitrogens with zero attached hydrogens (tertiary/aromatic N) is 2. The predicted octanol–water partition coefficient (Wildman–Crippen LogP) is 4.14. The number of nitrogens with one attached hydrogen (secondary N) is 1. The fourth-order valence-electron chi connectivity index (χ4n) is 2.19. The van der Waals surface area contributed by atoms with Crippen molar-refractivity contribution in [1.82, 2.24) is 15.3 Å². The maximum absolute atomic E-state index is 12.1. The largest absolute Gasteiger partial charge is 0.352 e. The van der Waals surface area contributed by atoms with Crippen LogP contribution in [0.15, 0.2) is 59.5 Å². The number of thioether (sulfide) groups is 1. The van der Waals surface area contributed by atoms with Crippen LogP contribution >= 0.6 is 23.1 Å². The molecule has 2 aromatic heterocycles. The molecule has 0 unspecified atom stereocenters. The molecule has 1 amide bonds. The minimum atomic E-state index is -0.251. The summed E-state index contributed by atoms with van der Waals surface area (Å²) in [4.78, 5) is 22.5. The molecule has 0 saturated heterocycles. The second kappa shape index (κ2) is 7.59. The first kappa shape index (κ1) is 16.7. The summed E-state index contributed by atoms with van der Waals surface area (Å²) >= 11 is 3.06. The molecule has 0 aliphatic rings. The van der Waals surface area contributed by atoms with Gasteiger partial charge in [0.05, 0.1) is 15.6 Å². The lowest BCUT2D eigenvalue weighted by Gasteiger charge is -2.12. The van der Waals surface area contributed by atoms with E-state index in [4.69, 9.17) is 4.98 Å². The molecule has 4 nitrogen and oxygen atoms in total. The van der Waals surface area contributed by atoms with Gasteiger partial charge in [-0.15, -0.1) is 17.9 Å². The van der Waals surface area contributed by atoms with Gasteiger partial charge in [0.15, 0.2) is 5.82 Å². The molecule has 122 valence electrons. The number of carbonyl (C=O) groups excluding carboxylic acids is 1. The highest BCUT2D eigenvalue weighted by molar-refractivity contribution is 8.00. The van der Waals surface area contributed by atoms with E-state index in [1.165, 1.54) is 11.8 Å². The Kier molecular flexibility index (Phi) is 5.27. The SMILES string of the molecule is C=CCNC(=O)[C@@H](C)Sc1nc(-c2cccs2)nc2ccccc12. The zero-order valence-electron chi connectivity index (χ0n) is 13.2. The molecule has 1 atom stereocenters. The predicted molar refractivity (Wildman–Crippen MR) is 101 cm³/mol. The molecule has 0 bridgehead atoms. The number of para-hydroxylation sites is 1. The van der Waals surface area contributed by atoms with Crippen molar-refractivity contribution >= 4 is 39.9 Å². The number of hydrogen-bond acceptors (Lipinski definition) is 5. The van der Waals surface area contributed by atoms with Crippen molar-refractivity contribution in [2.24, 2.45) is 0 Å². The summed E-state index contributed by atoms with van der Waals surface area (Å²) in [6.45, 7) is 5.96. The van der Waals surface area contributed by atoms with E-state index in [0.29, 0.717) is 12.4 Å². The molecule has 1 aromatic carbocycles. The van der Waals surface area contributed by atoms with Crippen LogP contribution in [0.4, 0.5) is 0 Å². The van der Waals surface area contributed by atoms with E-state index in [0.717, 1.165) is 20.8 Å². The van der Waals surface area contributed by atoms with Crippen LogP contribution in [0.3, 0.4) is 0 Å². The Balaban J connectivity index is 1.96. The highest BCUT2D eigenvalue weighted by Crippen LogP contribution is 2.32. The van der Waals surface area contributed by atoms with Crippen molar-refractivity contribution in [2.45, 2.75) is 17.2 Å². The lowest BCUT2D eigenvalue weighted by atomic mass is 10.2. The van der Waals surface area contributed by atoms with Gasteiger partial charge in [-0.2, -0.15) is 0 Å². The van der Waals surface area contributed by atoms with Crippen molar-refractivity contribution in [3.8, 4) is 10.7 Å². The maximum atomic E-state index is 12.1. The standard InChI is InChI=1S/C18H17N3OS2/c1-3-10-19-17(22)12(2)24-18-13-7-4-5-8-14(13)20-16(21-18)15-9-6-11-23-15/h3-9,11-12H,1,10H2,2H3,(H,19,22)/t12-/m1/s1. The molecular weight excluding hydrogens is 338 g/mol. The first-order valence-electron chi connectivity index (χ1n) is 7.55. The highest BCUT2D eigenvalue weighted by atomic mass is 32.2. The third kappa shape index (κ3) is 3.66. The second-order valence-electron chi connectivity index (χ2n) is 5.14. The number of amides is 1. The Morgan fingerprint density at radius 2 is 2.17 bits per heavy atom. The average Bonchev–Trinajstić information content (AvgIpc) is 3.14. The lowest BCUT2D eigenvalue weighted by Crippen LogP contribution is -2.30. The normalized spacial score (nSPS) is 12.0. The van der Waals surface area contributed by atoms with Gasteiger partial charge in [0.1, 0.15) is 5.03 Å². The molecule has 0 radical (unpaired) electrons. The van der Waals surface area contributed by atoms with Gasteiger partial charge in [0.25, 0.3) is 0 Å². The van der Waals surface area contributed by atoms with Gasteiger partial charge in [0, 0.05) is 11.9 Å². The van der Waals surface area contributed by atoms with E-state index >= 15 is 0 Å². The molecule has 0 saturated carbocycles. The summed E-state index contributed by atoms with van der Waals surface area (Å²) < 4.78 is 0. The number of fused-ring (bicyclic) bond motifs is 1. The van der Waals surface area contributed by atoms with Crippen LogP contribution in [0.1, 0.15) is 6.92 Å². The van der Waals surface area contributed by atoms with E-state index in [1.807, 2.05) is 48.7 Å². The minimum absolute atomic E-state index is 0.0275. The Morgan fingerprint density at radius 3 is 2.92 bits per heavy atom. The van der Waals surface area contributed by atoms with Gasteiger partial charge in [-0.3, -0.25) is 4.79 Å². The third-order valence-corrected chi connectivity index (χ3v) is 5.36. The summed E-state index contributed by atoms with van der Waals surface area (Å²) in [5.74, 6) is 0.671. The van der Waals surface area contributed by atoms with Crippen molar-refractivity contribution in [3.63, 3.8) is 0 Å². The number of benzene rings is 1. The number of rotatable bonds is 6. The molecule has 24 heavy (non-hydrogen) atoms. The van der Waals surface area contributed by atoms with E-state index < -0.39 is 0 Å². The van der Waals surface area contributed by atoms with Crippen LogP contribution in [-0.4, -0.2) is 27.7 Å². The van der Waals surface area contributed by atoms with Gasteiger partial charge < -0.3 is 5.32 Å². The first-order valence-corrected chi connectivity index (χ1v) is 9.31. The van der Waals surface area contributed by atoms with Gasteiger partial charge >= 0.3 is 0 Å². The van der Waals surface area contributed by atoms with Gasteiger partial charge in [-0.25, -0.2) is 9.97 Å². The quantitative estimate of drug-likeness (QED) is 0.410. The number of carbonyl (C=O) groups is 1. The van der Waals surface area contributed by atoms with Crippen molar-refractivity contribution in [3.05, 3.63) is 54.4 Å². The van der Waals surface area contributed by atoms with Crippen molar-refractivity contribution < 1.29 is 4.79 Å². The Bertz CT molecular complexity index is 862. The van der Waals surface area contributed by atoms with Crippen LogP contribution in [0.2, 0.25) is 0 Å².